The highest BCUT2D eigenvalue weighted by atomic mass is 16.2. The Morgan fingerprint density at radius 2 is 1.68 bits per heavy atom. The van der Waals surface area contributed by atoms with Gasteiger partial charge in [0.1, 0.15) is 0 Å². The number of anilines is 1. The number of nitrogens with one attached hydrogen (secondary N) is 1. The largest absolute Gasteiger partial charge is 0.337 e. The summed E-state index contributed by atoms with van der Waals surface area (Å²) in [6, 6.07) is 9.69. The summed E-state index contributed by atoms with van der Waals surface area (Å²) in [4.78, 5) is 32.6. The van der Waals surface area contributed by atoms with Gasteiger partial charge >= 0.3 is 0 Å². The SMILES string of the molecule is Cc1cccc(C)c1NC(=O)CN1CCN(C(=O)/C=C/c2ccncc2)CC1. The van der Waals surface area contributed by atoms with E-state index in [-0.39, 0.29) is 11.8 Å². The minimum Gasteiger partial charge on any atom is -0.337 e. The molecule has 0 spiro atoms. The monoisotopic (exact) mass is 378 g/mol. The molecule has 1 saturated heterocycles. The number of piperazine rings is 1. The van der Waals surface area contributed by atoms with Gasteiger partial charge in [-0.15, -0.1) is 0 Å². The zero-order valence-corrected chi connectivity index (χ0v) is 16.4. The standard InChI is InChI=1S/C22H26N4O2/c1-17-4-3-5-18(2)22(17)24-20(27)16-25-12-14-26(15-13-25)21(28)7-6-19-8-10-23-11-9-19/h3-11H,12-16H2,1-2H3,(H,24,27)/b7-6+. The van der Waals surface area contributed by atoms with Crippen LogP contribution in [-0.4, -0.2) is 59.3 Å². The number of carbonyl (C=O) groups is 2. The van der Waals surface area contributed by atoms with Gasteiger partial charge in [-0.1, -0.05) is 18.2 Å². The Kier molecular flexibility index (Phi) is 6.55. The quantitative estimate of drug-likeness (QED) is 0.812. The van der Waals surface area contributed by atoms with Gasteiger partial charge in [-0.25, -0.2) is 0 Å². The van der Waals surface area contributed by atoms with Crippen LogP contribution < -0.4 is 5.32 Å². The molecule has 1 aromatic carbocycles. The van der Waals surface area contributed by atoms with E-state index in [1.165, 1.54) is 0 Å². The number of amides is 2. The molecule has 146 valence electrons. The number of aromatic nitrogens is 1. The third-order valence-corrected chi connectivity index (χ3v) is 4.92. The Labute approximate surface area is 165 Å². The summed E-state index contributed by atoms with van der Waals surface area (Å²) in [6.45, 7) is 6.94. The Hall–Kier alpha value is -2.99. The molecule has 0 radical (unpaired) electrons. The van der Waals surface area contributed by atoms with Gasteiger partial charge in [-0.05, 0) is 48.7 Å². The first-order valence-corrected chi connectivity index (χ1v) is 9.48. The molecule has 2 amide bonds. The molecule has 0 unspecified atom stereocenters. The minimum absolute atomic E-state index is 0.00329. The van der Waals surface area contributed by atoms with Gasteiger partial charge < -0.3 is 10.2 Å². The van der Waals surface area contributed by atoms with E-state index in [0.717, 1.165) is 22.4 Å². The van der Waals surface area contributed by atoms with Crippen molar-refractivity contribution in [2.75, 3.05) is 38.0 Å². The second kappa shape index (κ2) is 9.28. The molecular weight excluding hydrogens is 352 g/mol. The summed E-state index contributed by atoms with van der Waals surface area (Å²) in [5.74, 6) is -0.0220. The molecule has 0 saturated carbocycles. The van der Waals surface area contributed by atoms with Crippen molar-refractivity contribution in [3.63, 3.8) is 0 Å². The van der Waals surface area contributed by atoms with E-state index in [1.54, 1.807) is 24.5 Å². The Morgan fingerprint density at radius 1 is 1.04 bits per heavy atom. The lowest BCUT2D eigenvalue weighted by Gasteiger charge is -2.33. The highest BCUT2D eigenvalue weighted by Gasteiger charge is 2.21. The number of nitrogens with zero attached hydrogens (tertiary/aromatic N) is 3. The number of para-hydroxylation sites is 1. The van der Waals surface area contributed by atoms with Crippen LogP contribution in [0.2, 0.25) is 0 Å². The molecule has 0 aliphatic carbocycles. The van der Waals surface area contributed by atoms with Crippen molar-refractivity contribution in [3.8, 4) is 0 Å². The van der Waals surface area contributed by atoms with Gasteiger partial charge in [0, 0.05) is 50.3 Å². The zero-order chi connectivity index (χ0) is 19.9. The number of rotatable bonds is 5. The highest BCUT2D eigenvalue weighted by molar-refractivity contribution is 5.94. The second-order valence-electron chi connectivity index (χ2n) is 7.03. The fourth-order valence-electron chi connectivity index (χ4n) is 3.27. The van der Waals surface area contributed by atoms with Crippen LogP contribution in [0.15, 0.2) is 48.8 Å². The van der Waals surface area contributed by atoms with E-state index in [0.29, 0.717) is 32.7 Å². The van der Waals surface area contributed by atoms with Gasteiger partial charge in [-0.3, -0.25) is 19.5 Å². The van der Waals surface area contributed by atoms with Crippen molar-refractivity contribution in [2.45, 2.75) is 13.8 Å². The van der Waals surface area contributed by atoms with Gasteiger partial charge in [0.2, 0.25) is 11.8 Å². The number of hydrogen-bond donors (Lipinski definition) is 1. The average molecular weight is 378 g/mol. The summed E-state index contributed by atoms with van der Waals surface area (Å²) in [7, 11) is 0. The van der Waals surface area contributed by atoms with Gasteiger partial charge in [-0.2, -0.15) is 0 Å². The van der Waals surface area contributed by atoms with E-state index in [1.807, 2.05) is 49.1 Å². The van der Waals surface area contributed by atoms with Crippen molar-refractivity contribution in [2.24, 2.45) is 0 Å². The molecule has 6 nitrogen and oxygen atoms in total. The third-order valence-electron chi connectivity index (χ3n) is 4.92. The molecule has 1 aliphatic heterocycles. The average Bonchev–Trinajstić information content (AvgIpc) is 2.70. The van der Waals surface area contributed by atoms with Gasteiger partial charge in [0.25, 0.3) is 0 Å². The topological polar surface area (TPSA) is 65.5 Å². The number of hydrogen-bond acceptors (Lipinski definition) is 4. The van der Waals surface area contributed by atoms with E-state index in [4.69, 9.17) is 0 Å². The van der Waals surface area contributed by atoms with E-state index in [2.05, 4.69) is 15.2 Å². The lowest BCUT2D eigenvalue weighted by Crippen LogP contribution is -2.50. The first kappa shape index (κ1) is 19.8. The molecule has 0 atom stereocenters. The van der Waals surface area contributed by atoms with Crippen molar-refractivity contribution in [1.82, 2.24) is 14.8 Å². The zero-order valence-electron chi connectivity index (χ0n) is 16.4. The highest BCUT2D eigenvalue weighted by Crippen LogP contribution is 2.19. The van der Waals surface area contributed by atoms with Gasteiger partial charge in [0.15, 0.2) is 0 Å². The van der Waals surface area contributed by atoms with Crippen LogP contribution in [0.3, 0.4) is 0 Å². The molecule has 2 heterocycles. The van der Waals surface area contributed by atoms with Crippen LogP contribution in [0, 0.1) is 13.8 Å². The molecule has 1 aromatic heterocycles. The van der Waals surface area contributed by atoms with E-state index < -0.39 is 0 Å². The number of aryl methyl sites for hydroxylation is 2. The van der Waals surface area contributed by atoms with E-state index >= 15 is 0 Å². The molecule has 1 fully saturated rings. The maximum absolute atomic E-state index is 12.4. The molecular formula is C22H26N4O2. The van der Waals surface area contributed by atoms with Crippen LogP contribution in [0.5, 0.6) is 0 Å². The fourth-order valence-corrected chi connectivity index (χ4v) is 3.27. The van der Waals surface area contributed by atoms with Gasteiger partial charge in [0.05, 0.1) is 6.54 Å². The third kappa shape index (κ3) is 5.27. The van der Waals surface area contributed by atoms with Crippen LogP contribution in [0.25, 0.3) is 6.08 Å². The fraction of sp³-hybridized carbons (Fsp3) is 0.318. The lowest BCUT2D eigenvalue weighted by atomic mass is 10.1. The Bertz CT molecular complexity index is 836. The summed E-state index contributed by atoms with van der Waals surface area (Å²) < 4.78 is 0. The molecule has 2 aromatic rings. The summed E-state index contributed by atoms with van der Waals surface area (Å²) in [5.41, 5.74) is 3.96. The Balaban J connectivity index is 1.46. The molecule has 0 bridgehead atoms. The van der Waals surface area contributed by atoms with Crippen molar-refractivity contribution < 1.29 is 9.59 Å². The molecule has 1 N–H and O–H groups in total. The van der Waals surface area contributed by atoms with E-state index in [9.17, 15) is 9.59 Å². The van der Waals surface area contributed by atoms with Crippen LogP contribution in [-0.2, 0) is 9.59 Å². The normalized spacial score (nSPS) is 15.0. The number of pyridine rings is 1. The molecule has 28 heavy (non-hydrogen) atoms. The lowest BCUT2D eigenvalue weighted by molar-refractivity contribution is -0.127. The molecule has 1 aliphatic rings. The predicted octanol–water partition coefficient (Wildman–Crippen LogP) is 2.49. The van der Waals surface area contributed by atoms with Crippen molar-refractivity contribution in [1.29, 1.82) is 0 Å². The summed E-state index contributed by atoms with van der Waals surface area (Å²) in [6.07, 6.45) is 6.80. The molecule has 6 heteroatoms. The Morgan fingerprint density at radius 3 is 2.32 bits per heavy atom. The summed E-state index contributed by atoms with van der Waals surface area (Å²) in [5, 5.41) is 3.02. The first-order valence-electron chi connectivity index (χ1n) is 9.48. The number of carbonyl (C=O) groups excluding carboxylic acids is 2. The van der Waals surface area contributed by atoms with Crippen molar-refractivity contribution >= 4 is 23.6 Å². The maximum atomic E-state index is 12.4. The number of benzene rings is 1. The molecule has 3 rings (SSSR count). The van der Waals surface area contributed by atoms with Crippen LogP contribution >= 0.6 is 0 Å². The minimum atomic E-state index is -0.0187. The first-order chi connectivity index (χ1) is 13.5. The second-order valence-corrected chi connectivity index (χ2v) is 7.03. The van der Waals surface area contributed by atoms with Crippen molar-refractivity contribution in [3.05, 3.63) is 65.5 Å². The maximum Gasteiger partial charge on any atom is 0.246 e. The predicted molar refractivity (Wildman–Crippen MR) is 111 cm³/mol. The van der Waals surface area contributed by atoms with Crippen LogP contribution in [0.1, 0.15) is 16.7 Å². The summed E-state index contributed by atoms with van der Waals surface area (Å²) >= 11 is 0. The smallest absolute Gasteiger partial charge is 0.246 e. The van der Waals surface area contributed by atoms with Crippen LogP contribution in [0.4, 0.5) is 5.69 Å².